The topological polar surface area (TPSA) is 363 Å². The lowest BCUT2D eigenvalue weighted by molar-refractivity contribution is -0.319. The number of hydrogen-bond donors (Lipinski definition) is 7. The smallest absolute Gasteiger partial charge is 0.424 e. The molecule has 4 saturated heterocycles. The molecule has 5 atom stereocenters. The molecule has 4 aliphatic heterocycles. The maximum Gasteiger partial charge on any atom is 0.424 e. The molecule has 456 valence electrons. The molecule has 5 unspecified atom stereocenters. The first-order valence-corrected chi connectivity index (χ1v) is 28.2. The molecule has 0 aromatic heterocycles. The second-order valence-electron chi connectivity index (χ2n) is 21.8. The van der Waals surface area contributed by atoms with E-state index in [4.69, 9.17) is 37.9 Å². The fourth-order valence-corrected chi connectivity index (χ4v) is 8.69. The zero-order valence-electron chi connectivity index (χ0n) is 47.4. The molecule has 4 rings (SSSR count). The molecule has 27 heteroatoms. The second kappa shape index (κ2) is 35.1. The zero-order chi connectivity index (χ0) is 59.3. The normalized spacial score (nSPS) is 21.5. The molecular formula is C54H85N7O20. The van der Waals surface area contributed by atoms with Gasteiger partial charge >= 0.3 is 35.8 Å². The van der Waals surface area contributed by atoms with E-state index in [1.807, 2.05) is 0 Å². The minimum atomic E-state index is -2.06. The molecular weight excluding hydrogens is 1070 g/mol. The number of ketones is 3. The summed E-state index contributed by atoms with van der Waals surface area (Å²) in [4.78, 5) is 150. The van der Waals surface area contributed by atoms with E-state index in [0.717, 1.165) is 0 Å². The Hall–Kier alpha value is -6.00. The highest BCUT2D eigenvalue weighted by Gasteiger charge is 2.50. The van der Waals surface area contributed by atoms with Gasteiger partial charge in [-0.3, -0.25) is 68.2 Å². The Bertz CT molecular complexity index is 2160. The van der Waals surface area contributed by atoms with Gasteiger partial charge in [0.15, 0.2) is 5.78 Å². The molecule has 4 aliphatic rings. The summed E-state index contributed by atoms with van der Waals surface area (Å²) in [5.74, 6) is -7.24. The first kappa shape index (κ1) is 67.5. The van der Waals surface area contributed by atoms with E-state index in [1.54, 1.807) is 27.7 Å². The van der Waals surface area contributed by atoms with Crippen molar-refractivity contribution in [3.63, 3.8) is 0 Å². The average Bonchev–Trinajstić information content (AvgIpc) is 3.79. The van der Waals surface area contributed by atoms with Crippen LogP contribution < -0.4 is 37.2 Å². The van der Waals surface area contributed by atoms with Crippen molar-refractivity contribution >= 4 is 70.8 Å². The summed E-state index contributed by atoms with van der Waals surface area (Å²) < 4.78 is 43.9. The molecule has 4 fully saturated rings. The van der Waals surface area contributed by atoms with Gasteiger partial charge in [-0.2, -0.15) is 0 Å². The van der Waals surface area contributed by atoms with E-state index in [2.05, 4.69) is 37.2 Å². The first-order valence-electron chi connectivity index (χ1n) is 28.2. The molecule has 0 aliphatic carbocycles. The highest BCUT2D eigenvalue weighted by molar-refractivity contribution is 5.88. The summed E-state index contributed by atoms with van der Waals surface area (Å²) in [6, 6.07) is -1.35. The lowest BCUT2D eigenvalue weighted by atomic mass is 9.92. The number of rotatable bonds is 33. The number of cyclic esters (lactones) is 1. The second-order valence-corrected chi connectivity index (χ2v) is 21.8. The third-order valence-electron chi connectivity index (χ3n) is 13.4. The third kappa shape index (κ3) is 26.6. The van der Waals surface area contributed by atoms with Crippen molar-refractivity contribution in [3.8, 4) is 0 Å². The van der Waals surface area contributed by atoms with Gasteiger partial charge in [-0.15, -0.1) is 0 Å². The van der Waals surface area contributed by atoms with Crippen LogP contribution in [0.2, 0.25) is 0 Å². The Balaban J connectivity index is 1.24. The predicted octanol–water partition coefficient (Wildman–Crippen LogP) is -0.440. The van der Waals surface area contributed by atoms with Gasteiger partial charge in [-0.25, -0.2) is 0 Å². The summed E-state index contributed by atoms with van der Waals surface area (Å²) in [6.07, 6.45) is 3.44. The van der Waals surface area contributed by atoms with E-state index >= 15 is 0 Å². The molecule has 1 spiro atoms. The quantitative estimate of drug-likeness (QED) is 0.0249. The van der Waals surface area contributed by atoms with Gasteiger partial charge in [0.1, 0.15) is 29.3 Å². The van der Waals surface area contributed by atoms with Gasteiger partial charge in [0.25, 0.3) is 0 Å². The highest BCUT2D eigenvalue weighted by atomic mass is 16.9. The van der Waals surface area contributed by atoms with Crippen molar-refractivity contribution in [3.05, 3.63) is 0 Å². The van der Waals surface area contributed by atoms with Crippen molar-refractivity contribution in [1.29, 1.82) is 0 Å². The molecule has 81 heavy (non-hydrogen) atoms. The largest absolute Gasteiger partial charge is 0.464 e. The van der Waals surface area contributed by atoms with Gasteiger partial charge in [-0.1, -0.05) is 34.1 Å². The standard InChI is InChI=1S/C54H85N7O20/c1-36(49(71)78-39-27-37(62)29-55-30-38(63)28-39)11-5-8-20-56-43(65)16-23-74-33-53(61-51(73)52(2,3)4,34-75-24-17-44(66)57-21-9-6-12-40-42(64)15-26-77-47(69)31-59-40)35-76-25-18-45(67)58-22-10-7-13-41-50(72)81-54(19-14-46(68)79-54)80-48(70)32-60-41/h36,39-41,55,59-60H,5-35H2,1-4H3,(H,56,65)(H,57,66)(H,58,67)(H,61,73). The third-order valence-corrected chi connectivity index (χ3v) is 13.4. The van der Waals surface area contributed by atoms with Gasteiger partial charge in [0.05, 0.1) is 97.2 Å². The van der Waals surface area contributed by atoms with Crippen LogP contribution in [0.1, 0.15) is 137 Å². The van der Waals surface area contributed by atoms with Crippen molar-refractivity contribution in [1.82, 2.24) is 37.2 Å². The van der Waals surface area contributed by atoms with Crippen LogP contribution in [0, 0.1) is 11.3 Å². The van der Waals surface area contributed by atoms with Gasteiger partial charge in [0, 0.05) is 63.6 Å². The Morgan fingerprint density at radius 3 is 1.67 bits per heavy atom. The van der Waals surface area contributed by atoms with Gasteiger partial charge in [-0.05, 0) is 51.4 Å². The molecule has 27 nitrogen and oxygen atoms in total. The number of Topliss-reactive ketones (excluding diaryl/α,β-unsaturated/α-hetero) is 3. The maximum absolute atomic E-state index is 13.6. The summed E-state index contributed by atoms with van der Waals surface area (Å²) >= 11 is 0. The lowest BCUT2D eigenvalue weighted by Gasteiger charge is -2.36. The molecule has 4 heterocycles. The van der Waals surface area contributed by atoms with Crippen LogP contribution in [0.3, 0.4) is 0 Å². The van der Waals surface area contributed by atoms with Crippen LogP contribution in [-0.2, 0) is 95.4 Å². The number of esters is 5. The van der Waals surface area contributed by atoms with Crippen molar-refractivity contribution in [2.24, 2.45) is 11.3 Å². The number of hydrogen-bond acceptors (Lipinski definition) is 23. The summed E-state index contributed by atoms with van der Waals surface area (Å²) in [7, 11) is 0. The number of nitrogens with one attached hydrogen (secondary N) is 7. The molecule has 0 radical (unpaired) electrons. The van der Waals surface area contributed by atoms with E-state index in [-0.39, 0.29) is 178 Å². The fraction of sp³-hybridized carbons (Fsp3) is 0.778. The van der Waals surface area contributed by atoms with Crippen molar-refractivity contribution in [2.45, 2.75) is 167 Å². The number of carbonyl (C=O) groups excluding carboxylic acids is 12. The first-order chi connectivity index (χ1) is 38.6. The van der Waals surface area contributed by atoms with Crippen molar-refractivity contribution < 1.29 is 95.4 Å². The lowest BCUT2D eigenvalue weighted by Crippen LogP contribution is -2.60. The minimum absolute atomic E-state index is 0.0259. The number of unbranched alkanes of at least 4 members (excludes halogenated alkanes) is 3. The van der Waals surface area contributed by atoms with E-state index in [0.29, 0.717) is 64.5 Å². The number of carbonyl (C=O) groups is 12. The fourth-order valence-electron chi connectivity index (χ4n) is 8.69. The molecule has 0 saturated carbocycles. The Morgan fingerprint density at radius 2 is 1.14 bits per heavy atom. The maximum atomic E-state index is 13.6. The van der Waals surface area contributed by atoms with E-state index in [9.17, 15) is 57.5 Å². The van der Waals surface area contributed by atoms with Gasteiger partial charge < -0.3 is 64.5 Å². The average molecular weight is 1150 g/mol. The molecule has 0 bridgehead atoms. The van der Waals surface area contributed by atoms with E-state index in [1.165, 1.54) is 0 Å². The summed E-state index contributed by atoms with van der Waals surface area (Å²) in [6.45, 7) is 6.79. The van der Waals surface area contributed by atoms with Crippen LogP contribution in [0.5, 0.6) is 0 Å². The van der Waals surface area contributed by atoms with Crippen molar-refractivity contribution in [2.75, 3.05) is 92.1 Å². The molecule has 7 N–H and O–H groups in total. The van der Waals surface area contributed by atoms with E-state index < -0.39 is 70.9 Å². The molecule has 4 amide bonds. The monoisotopic (exact) mass is 1150 g/mol. The summed E-state index contributed by atoms with van der Waals surface area (Å²) in [5, 5.41) is 20.0. The molecule has 0 aromatic rings. The van der Waals surface area contributed by atoms with Gasteiger partial charge in [0.2, 0.25) is 23.6 Å². The highest BCUT2D eigenvalue weighted by Crippen LogP contribution is 2.31. The minimum Gasteiger partial charge on any atom is -0.464 e. The number of ether oxygens (including phenoxy) is 8. The Morgan fingerprint density at radius 1 is 0.630 bits per heavy atom. The molecule has 0 aromatic carbocycles. The summed E-state index contributed by atoms with van der Waals surface area (Å²) in [5.41, 5.74) is -2.24. The van der Waals surface area contributed by atoms with Crippen LogP contribution in [0.15, 0.2) is 0 Å². The SMILES string of the molecule is CC(CCCCNC(=O)CCOCC(COCCC(=O)NCCCCC1NCC(=O)OCCC1=O)(COCCC(=O)NCCCCC1NCC(=O)OC2(CCC(=O)O2)OC1=O)NC(=O)C(C)(C)C)C(=O)OC1CC(=O)CNCC(=O)C1. The number of amides is 4. The van der Waals surface area contributed by atoms with Crippen LogP contribution in [0.4, 0.5) is 0 Å². The Kier molecular flexibility index (Phi) is 29.2. The Labute approximate surface area is 472 Å². The van der Waals surface area contributed by atoms with Crippen LogP contribution in [-0.4, -0.2) is 193 Å². The zero-order valence-corrected chi connectivity index (χ0v) is 47.4. The van der Waals surface area contributed by atoms with Crippen LogP contribution in [0.25, 0.3) is 0 Å². The predicted molar refractivity (Wildman–Crippen MR) is 283 cm³/mol. The van der Waals surface area contributed by atoms with Crippen LogP contribution >= 0.6 is 0 Å².